The Morgan fingerprint density at radius 1 is 1.78 bits per heavy atom. The lowest BCUT2D eigenvalue weighted by Gasteiger charge is -2.12. The van der Waals surface area contributed by atoms with Crippen LogP contribution < -0.4 is 0 Å². The van der Waals surface area contributed by atoms with Gasteiger partial charge in [0.25, 0.3) is 0 Å². The summed E-state index contributed by atoms with van der Waals surface area (Å²) in [6, 6.07) is 0. The van der Waals surface area contributed by atoms with Crippen LogP contribution in [0.2, 0.25) is 0 Å². The summed E-state index contributed by atoms with van der Waals surface area (Å²) in [6.07, 6.45) is 7.12. The molecule has 46 valence electrons. The SMILES string of the molecule is O=C[C@@]12C=CC(=CC1)O2. The minimum Gasteiger partial charge on any atom is -0.476 e. The number of aldehydes is 1. The van der Waals surface area contributed by atoms with Gasteiger partial charge in [0.15, 0.2) is 11.9 Å². The molecule has 2 bridgehead atoms. The van der Waals surface area contributed by atoms with Gasteiger partial charge in [0, 0.05) is 6.42 Å². The maximum absolute atomic E-state index is 10.4. The number of allylic oxidation sites excluding steroid dienone is 1. The van der Waals surface area contributed by atoms with Gasteiger partial charge in [0.1, 0.15) is 5.76 Å². The van der Waals surface area contributed by atoms with Gasteiger partial charge in [0.2, 0.25) is 0 Å². The molecule has 0 N–H and O–H groups in total. The Morgan fingerprint density at radius 2 is 2.67 bits per heavy atom. The minimum atomic E-state index is -0.602. The molecule has 2 heteroatoms. The first-order chi connectivity index (χ1) is 4.35. The summed E-state index contributed by atoms with van der Waals surface area (Å²) in [4.78, 5) is 10.4. The molecule has 2 heterocycles. The summed E-state index contributed by atoms with van der Waals surface area (Å²) in [5.41, 5.74) is -0.602. The molecule has 2 aliphatic heterocycles. The average Bonchev–Trinajstić information content (AvgIpc) is 2.46. The van der Waals surface area contributed by atoms with Crippen LogP contribution >= 0.6 is 0 Å². The summed E-state index contributed by atoms with van der Waals surface area (Å²) in [6.45, 7) is 0. The molecule has 0 spiro atoms. The lowest BCUT2D eigenvalue weighted by molar-refractivity contribution is -0.119. The Morgan fingerprint density at radius 3 is 2.89 bits per heavy atom. The number of carbonyl (C=O) groups is 1. The number of carbonyl (C=O) groups excluding carboxylic acids is 1. The van der Waals surface area contributed by atoms with Crippen molar-refractivity contribution in [3.63, 3.8) is 0 Å². The molecule has 0 unspecified atom stereocenters. The van der Waals surface area contributed by atoms with E-state index in [4.69, 9.17) is 4.74 Å². The second-order valence-electron chi connectivity index (χ2n) is 2.32. The molecule has 1 atom stereocenters. The van der Waals surface area contributed by atoms with Crippen molar-refractivity contribution in [3.05, 3.63) is 24.0 Å². The minimum absolute atomic E-state index is 0.602. The highest BCUT2D eigenvalue weighted by Crippen LogP contribution is 2.34. The predicted molar refractivity (Wildman–Crippen MR) is 31.7 cm³/mol. The Balaban J connectivity index is 2.41. The van der Waals surface area contributed by atoms with Crippen LogP contribution in [0.3, 0.4) is 0 Å². The molecule has 0 fully saturated rings. The molecule has 2 nitrogen and oxygen atoms in total. The number of hydrogen-bond donors (Lipinski definition) is 0. The molecule has 9 heavy (non-hydrogen) atoms. The zero-order valence-electron chi connectivity index (χ0n) is 4.83. The van der Waals surface area contributed by atoms with E-state index in [9.17, 15) is 4.79 Å². The van der Waals surface area contributed by atoms with Crippen molar-refractivity contribution in [2.45, 2.75) is 12.0 Å². The van der Waals surface area contributed by atoms with Gasteiger partial charge in [-0.1, -0.05) is 0 Å². The molecule has 0 saturated heterocycles. The van der Waals surface area contributed by atoms with Gasteiger partial charge in [-0.3, -0.25) is 4.79 Å². The molecule has 2 aliphatic rings. The van der Waals surface area contributed by atoms with E-state index in [1.165, 1.54) is 0 Å². The smallest absolute Gasteiger partial charge is 0.186 e. The number of hydrogen-bond acceptors (Lipinski definition) is 2. The van der Waals surface area contributed by atoms with Crippen LogP contribution in [0.1, 0.15) is 6.42 Å². The van der Waals surface area contributed by atoms with Gasteiger partial charge in [0.05, 0.1) is 0 Å². The standard InChI is InChI=1S/C7H6O2/c8-5-7-3-1-6(9-7)2-4-7/h1-3,5H,4H2/t7-/m1/s1. The average molecular weight is 122 g/mol. The zero-order valence-corrected chi connectivity index (χ0v) is 4.83. The second-order valence-corrected chi connectivity index (χ2v) is 2.32. The van der Waals surface area contributed by atoms with Gasteiger partial charge in [-0.05, 0) is 18.2 Å². The van der Waals surface area contributed by atoms with E-state index >= 15 is 0 Å². The molecule has 0 saturated carbocycles. The van der Waals surface area contributed by atoms with E-state index < -0.39 is 5.60 Å². The Kier molecular flexibility index (Phi) is 0.673. The van der Waals surface area contributed by atoms with Gasteiger partial charge >= 0.3 is 0 Å². The summed E-state index contributed by atoms with van der Waals surface area (Å²) < 4.78 is 5.19. The molecule has 0 amide bonds. The molecule has 0 aliphatic carbocycles. The van der Waals surface area contributed by atoms with E-state index in [-0.39, 0.29) is 0 Å². The van der Waals surface area contributed by atoms with Crippen molar-refractivity contribution in [1.29, 1.82) is 0 Å². The van der Waals surface area contributed by atoms with Crippen molar-refractivity contribution in [1.82, 2.24) is 0 Å². The van der Waals surface area contributed by atoms with Crippen molar-refractivity contribution < 1.29 is 9.53 Å². The highest BCUT2D eigenvalue weighted by atomic mass is 16.5. The zero-order chi connectivity index (χ0) is 6.32. The molecular formula is C7H6O2. The molecule has 2 rings (SSSR count). The highest BCUT2D eigenvalue weighted by Gasteiger charge is 2.37. The maximum atomic E-state index is 10.4. The lowest BCUT2D eigenvalue weighted by atomic mass is 10.0. The van der Waals surface area contributed by atoms with Crippen LogP contribution in [-0.2, 0) is 9.53 Å². The first-order valence-corrected chi connectivity index (χ1v) is 2.89. The third-order valence-electron chi connectivity index (χ3n) is 1.66. The lowest BCUT2D eigenvalue weighted by Crippen LogP contribution is -2.24. The van der Waals surface area contributed by atoms with Crippen molar-refractivity contribution in [2.24, 2.45) is 0 Å². The molecule has 0 aromatic rings. The monoisotopic (exact) mass is 122 g/mol. The van der Waals surface area contributed by atoms with Crippen molar-refractivity contribution in [2.75, 3.05) is 0 Å². The quantitative estimate of drug-likeness (QED) is 0.481. The first-order valence-electron chi connectivity index (χ1n) is 2.89. The summed E-state index contributed by atoms with van der Waals surface area (Å²) in [5, 5.41) is 0. The summed E-state index contributed by atoms with van der Waals surface area (Å²) >= 11 is 0. The van der Waals surface area contributed by atoms with E-state index in [0.29, 0.717) is 6.42 Å². The molecule has 0 aromatic carbocycles. The van der Waals surface area contributed by atoms with E-state index in [0.717, 1.165) is 12.0 Å². The van der Waals surface area contributed by atoms with Gasteiger partial charge in [-0.15, -0.1) is 0 Å². The van der Waals surface area contributed by atoms with E-state index in [2.05, 4.69) is 0 Å². The van der Waals surface area contributed by atoms with E-state index in [1.54, 1.807) is 6.08 Å². The second kappa shape index (κ2) is 1.26. The fourth-order valence-corrected chi connectivity index (χ4v) is 1.10. The topological polar surface area (TPSA) is 26.3 Å². The third kappa shape index (κ3) is 0.474. The fourth-order valence-electron chi connectivity index (χ4n) is 1.10. The normalized spacial score (nSPS) is 36.2. The Hall–Kier alpha value is -1.05. The van der Waals surface area contributed by atoms with Gasteiger partial charge in [-0.25, -0.2) is 0 Å². The van der Waals surface area contributed by atoms with Crippen LogP contribution in [-0.4, -0.2) is 11.9 Å². The van der Waals surface area contributed by atoms with Gasteiger partial charge in [-0.2, -0.15) is 0 Å². The molecular weight excluding hydrogens is 116 g/mol. The molecule has 0 radical (unpaired) electrons. The predicted octanol–water partition coefficient (Wildman–Crippen LogP) is 0.798. The summed E-state index contributed by atoms with van der Waals surface area (Å²) in [5.74, 6) is 0.835. The number of fused-ring (bicyclic) bond motifs is 2. The summed E-state index contributed by atoms with van der Waals surface area (Å²) in [7, 11) is 0. The van der Waals surface area contributed by atoms with Crippen LogP contribution in [0.5, 0.6) is 0 Å². The van der Waals surface area contributed by atoms with Crippen molar-refractivity contribution in [3.8, 4) is 0 Å². The van der Waals surface area contributed by atoms with Gasteiger partial charge < -0.3 is 4.74 Å². The Bertz CT molecular complexity index is 215. The number of ether oxygens (including phenoxy) is 1. The largest absolute Gasteiger partial charge is 0.476 e. The van der Waals surface area contributed by atoms with Crippen LogP contribution in [0.4, 0.5) is 0 Å². The fraction of sp³-hybridized carbons (Fsp3) is 0.286. The maximum Gasteiger partial charge on any atom is 0.186 e. The van der Waals surface area contributed by atoms with E-state index in [1.807, 2.05) is 12.2 Å². The van der Waals surface area contributed by atoms with Crippen LogP contribution in [0.25, 0.3) is 0 Å². The Labute approximate surface area is 52.8 Å². The first kappa shape index (κ1) is 4.79. The van der Waals surface area contributed by atoms with Crippen molar-refractivity contribution >= 4 is 6.29 Å². The van der Waals surface area contributed by atoms with Crippen LogP contribution in [0.15, 0.2) is 24.0 Å². The highest BCUT2D eigenvalue weighted by molar-refractivity contribution is 5.70. The van der Waals surface area contributed by atoms with Crippen LogP contribution in [0, 0.1) is 0 Å². The third-order valence-corrected chi connectivity index (χ3v) is 1.66. The number of rotatable bonds is 1. The molecule has 0 aromatic heterocycles.